The minimum Gasteiger partial charge on any atom is -0.549 e. The van der Waals surface area contributed by atoms with E-state index in [1.165, 1.54) is 0 Å². The Hall–Kier alpha value is -1.84. The van der Waals surface area contributed by atoms with E-state index < -0.39 is 17.9 Å². The van der Waals surface area contributed by atoms with Gasteiger partial charge in [-0.05, 0) is 24.8 Å². The molecule has 0 heterocycles. The fourth-order valence-electron chi connectivity index (χ4n) is 1.49. The van der Waals surface area contributed by atoms with E-state index in [-0.39, 0.29) is 6.42 Å². The fraction of sp³-hybridized carbons (Fsp3) is 0.333. The maximum atomic E-state index is 10.5. The van der Waals surface area contributed by atoms with Gasteiger partial charge in [0.05, 0.1) is 11.9 Å². The molecule has 0 atom stereocenters. The SMILES string of the molecule is O=C([O-])C(CCCc1ccccc1)C(=O)[O-]. The van der Waals surface area contributed by atoms with Crippen LogP contribution in [0.15, 0.2) is 30.3 Å². The molecule has 16 heavy (non-hydrogen) atoms. The molecule has 0 unspecified atom stereocenters. The summed E-state index contributed by atoms with van der Waals surface area (Å²) in [6.45, 7) is 0. The number of hydrogen-bond acceptors (Lipinski definition) is 4. The highest BCUT2D eigenvalue weighted by atomic mass is 16.4. The van der Waals surface area contributed by atoms with Gasteiger partial charge in [-0.15, -0.1) is 0 Å². The number of aryl methyl sites for hydroxylation is 1. The summed E-state index contributed by atoms with van der Waals surface area (Å²) in [6.07, 6.45) is 1.17. The number of aliphatic carboxylic acids is 2. The van der Waals surface area contributed by atoms with Gasteiger partial charge in [0, 0.05) is 5.92 Å². The van der Waals surface area contributed by atoms with Gasteiger partial charge in [-0.25, -0.2) is 0 Å². The summed E-state index contributed by atoms with van der Waals surface area (Å²) in [6, 6.07) is 9.46. The van der Waals surface area contributed by atoms with Crippen molar-refractivity contribution in [2.75, 3.05) is 0 Å². The highest BCUT2D eigenvalue weighted by molar-refractivity contribution is 5.90. The molecule has 0 saturated carbocycles. The normalized spacial score (nSPS) is 10.3. The van der Waals surface area contributed by atoms with Crippen molar-refractivity contribution in [2.24, 2.45) is 5.92 Å². The molecule has 4 heteroatoms. The van der Waals surface area contributed by atoms with Crippen molar-refractivity contribution in [1.82, 2.24) is 0 Å². The van der Waals surface area contributed by atoms with Gasteiger partial charge in [-0.3, -0.25) is 0 Å². The zero-order valence-electron chi connectivity index (χ0n) is 8.72. The lowest BCUT2D eigenvalue weighted by atomic mass is 10.00. The second kappa shape index (κ2) is 5.90. The average Bonchev–Trinajstić information content (AvgIpc) is 2.24. The van der Waals surface area contributed by atoms with E-state index in [1.54, 1.807) is 0 Å². The standard InChI is InChI=1S/C12H14O4/c13-11(14)10(12(15)16)8-4-7-9-5-2-1-3-6-9/h1-3,5-6,10H,4,7-8H2,(H,13,14)(H,15,16)/p-2. The van der Waals surface area contributed by atoms with E-state index in [0.29, 0.717) is 12.8 Å². The van der Waals surface area contributed by atoms with Crippen LogP contribution in [0, 0.1) is 5.92 Å². The van der Waals surface area contributed by atoms with Crippen LogP contribution in [0.25, 0.3) is 0 Å². The average molecular weight is 220 g/mol. The van der Waals surface area contributed by atoms with Gasteiger partial charge in [-0.2, -0.15) is 0 Å². The van der Waals surface area contributed by atoms with Crippen molar-refractivity contribution in [3.05, 3.63) is 35.9 Å². The van der Waals surface area contributed by atoms with Crippen molar-refractivity contribution in [3.8, 4) is 0 Å². The van der Waals surface area contributed by atoms with Crippen molar-refractivity contribution < 1.29 is 19.8 Å². The van der Waals surface area contributed by atoms with Crippen LogP contribution in [0.3, 0.4) is 0 Å². The molecule has 1 aromatic carbocycles. The second-order valence-electron chi connectivity index (χ2n) is 3.57. The van der Waals surface area contributed by atoms with Gasteiger partial charge >= 0.3 is 0 Å². The van der Waals surface area contributed by atoms with E-state index in [4.69, 9.17) is 0 Å². The largest absolute Gasteiger partial charge is 0.549 e. The molecule has 0 aromatic heterocycles. The number of carbonyl (C=O) groups is 2. The summed E-state index contributed by atoms with van der Waals surface area (Å²) in [5, 5.41) is 20.9. The third-order valence-electron chi connectivity index (χ3n) is 2.37. The van der Waals surface area contributed by atoms with Crippen molar-refractivity contribution in [2.45, 2.75) is 19.3 Å². The molecule has 1 rings (SSSR count). The van der Waals surface area contributed by atoms with Crippen molar-refractivity contribution >= 4 is 11.9 Å². The molecular formula is C12H12O4-2. The maximum Gasteiger partial charge on any atom is 0.0501 e. The van der Waals surface area contributed by atoms with E-state index >= 15 is 0 Å². The molecule has 0 aliphatic carbocycles. The molecule has 1 aromatic rings. The first-order valence-corrected chi connectivity index (χ1v) is 5.07. The Bertz CT molecular complexity index is 345. The first-order valence-electron chi connectivity index (χ1n) is 5.07. The van der Waals surface area contributed by atoms with Crippen LogP contribution in [0.5, 0.6) is 0 Å². The van der Waals surface area contributed by atoms with Gasteiger partial charge in [0.2, 0.25) is 0 Å². The van der Waals surface area contributed by atoms with Gasteiger partial charge in [0.15, 0.2) is 0 Å². The molecule has 4 nitrogen and oxygen atoms in total. The lowest BCUT2D eigenvalue weighted by molar-refractivity contribution is -0.332. The molecule has 0 amide bonds. The Morgan fingerprint density at radius 1 is 1.06 bits per heavy atom. The molecular weight excluding hydrogens is 208 g/mol. The van der Waals surface area contributed by atoms with Crippen LogP contribution in [-0.2, 0) is 16.0 Å². The van der Waals surface area contributed by atoms with E-state index in [2.05, 4.69) is 0 Å². The third-order valence-corrected chi connectivity index (χ3v) is 2.37. The Balaban J connectivity index is 2.40. The predicted molar refractivity (Wildman–Crippen MR) is 52.9 cm³/mol. The molecule has 0 N–H and O–H groups in total. The highest BCUT2D eigenvalue weighted by Crippen LogP contribution is 2.10. The van der Waals surface area contributed by atoms with E-state index in [0.717, 1.165) is 5.56 Å². The summed E-state index contributed by atoms with van der Waals surface area (Å²) in [7, 11) is 0. The van der Waals surface area contributed by atoms with Crippen LogP contribution < -0.4 is 10.2 Å². The lowest BCUT2D eigenvalue weighted by Gasteiger charge is -2.18. The minimum atomic E-state index is -1.58. The first kappa shape index (κ1) is 12.2. The van der Waals surface area contributed by atoms with Crippen LogP contribution in [0.1, 0.15) is 18.4 Å². The number of carboxylic acids is 2. The number of rotatable bonds is 6. The van der Waals surface area contributed by atoms with Crippen LogP contribution in [0.4, 0.5) is 0 Å². The van der Waals surface area contributed by atoms with Crippen molar-refractivity contribution in [1.29, 1.82) is 0 Å². The summed E-state index contributed by atoms with van der Waals surface area (Å²) in [5.74, 6) is -4.66. The number of carbonyl (C=O) groups excluding carboxylic acids is 2. The molecule has 0 spiro atoms. The molecule has 0 bridgehead atoms. The Morgan fingerprint density at radius 2 is 1.62 bits per heavy atom. The Morgan fingerprint density at radius 3 is 2.12 bits per heavy atom. The highest BCUT2D eigenvalue weighted by Gasteiger charge is 2.10. The number of carboxylic acid groups (broad SMARTS) is 2. The Labute approximate surface area is 93.5 Å². The molecule has 0 aliphatic heterocycles. The summed E-state index contributed by atoms with van der Waals surface area (Å²) in [4.78, 5) is 20.9. The molecule has 0 fully saturated rings. The fourth-order valence-corrected chi connectivity index (χ4v) is 1.49. The van der Waals surface area contributed by atoms with Gasteiger partial charge in [-0.1, -0.05) is 30.3 Å². The summed E-state index contributed by atoms with van der Waals surface area (Å²) >= 11 is 0. The monoisotopic (exact) mass is 220 g/mol. The summed E-state index contributed by atoms with van der Waals surface area (Å²) < 4.78 is 0. The molecule has 0 aliphatic rings. The number of hydrogen-bond donors (Lipinski definition) is 0. The van der Waals surface area contributed by atoms with Crippen LogP contribution in [-0.4, -0.2) is 11.9 Å². The lowest BCUT2D eigenvalue weighted by Crippen LogP contribution is -2.43. The number of benzene rings is 1. The van der Waals surface area contributed by atoms with E-state index in [1.807, 2.05) is 30.3 Å². The zero-order chi connectivity index (χ0) is 12.0. The summed E-state index contributed by atoms with van der Waals surface area (Å²) in [5.41, 5.74) is 1.05. The molecule has 0 saturated heterocycles. The van der Waals surface area contributed by atoms with Gasteiger partial charge < -0.3 is 19.8 Å². The van der Waals surface area contributed by atoms with E-state index in [9.17, 15) is 19.8 Å². The first-order chi connectivity index (χ1) is 7.61. The third kappa shape index (κ3) is 3.73. The predicted octanol–water partition coefficient (Wildman–Crippen LogP) is -0.875. The molecule has 0 radical (unpaired) electrons. The van der Waals surface area contributed by atoms with Gasteiger partial charge in [0.1, 0.15) is 0 Å². The maximum absolute atomic E-state index is 10.5. The quantitative estimate of drug-likeness (QED) is 0.583. The zero-order valence-corrected chi connectivity index (χ0v) is 8.72. The smallest absolute Gasteiger partial charge is 0.0501 e. The van der Waals surface area contributed by atoms with Gasteiger partial charge in [0.25, 0.3) is 0 Å². The van der Waals surface area contributed by atoms with Crippen molar-refractivity contribution in [3.63, 3.8) is 0 Å². The Kier molecular flexibility index (Phi) is 4.51. The second-order valence-corrected chi connectivity index (χ2v) is 3.57. The van der Waals surface area contributed by atoms with Crippen LogP contribution in [0.2, 0.25) is 0 Å². The molecule has 86 valence electrons. The van der Waals surface area contributed by atoms with Crippen LogP contribution >= 0.6 is 0 Å². The topological polar surface area (TPSA) is 80.3 Å². The minimum absolute atomic E-state index is 0.0412.